The van der Waals surface area contributed by atoms with E-state index in [1.54, 1.807) is 0 Å². The number of aromatic nitrogens is 2. The second-order valence-electron chi connectivity index (χ2n) is 5.81. The van der Waals surface area contributed by atoms with E-state index in [0.717, 1.165) is 10.1 Å². The Morgan fingerprint density at radius 2 is 1.81 bits per heavy atom. The van der Waals surface area contributed by atoms with Gasteiger partial charge in [-0.3, -0.25) is 18.7 Å². The lowest BCUT2D eigenvalue weighted by atomic mass is 10.2. The number of nitrogens with one attached hydrogen (secondary N) is 1. The summed E-state index contributed by atoms with van der Waals surface area (Å²) in [6.07, 6.45) is 1.41. The highest BCUT2D eigenvalue weighted by Crippen LogP contribution is 2.22. The molecule has 1 amide bonds. The van der Waals surface area contributed by atoms with E-state index < -0.39 is 29.5 Å². The average molecular weight is 432 g/mol. The minimum Gasteiger partial charge on any atom is -0.323 e. The third-order valence-corrected chi connectivity index (χ3v) is 4.50. The molecule has 0 atom stereocenters. The smallest absolute Gasteiger partial charge is 0.323 e. The third-order valence-electron chi connectivity index (χ3n) is 3.84. The quantitative estimate of drug-likeness (QED) is 0.674. The van der Waals surface area contributed by atoms with Gasteiger partial charge in [0.15, 0.2) is 0 Å². The van der Waals surface area contributed by atoms with Crippen LogP contribution in [0.1, 0.15) is 5.56 Å². The van der Waals surface area contributed by atoms with E-state index in [-0.39, 0.29) is 6.54 Å². The molecule has 0 spiro atoms. The van der Waals surface area contributed by atoms with Crippen molar-refractivity contribution in [1.82, 2.24) is 9.13 Å². The molecule has 6 nitrogen and oxygen atoms in total. The summed E-state index contributed by atoms with van der Waals surface area (Å²) >= 11 is 3.15. The number of rotatable bonds is 5. The molecule has 0 saturated carbocycles. The Hall–Kier alpha value is -3.00. The SMILES string of the molecule is O=C(Cn1c(=O)ccn(Cc2ccccc2)c1=O)Nc1ccc(F)cc1Br. The van der Waals surface area contributed by atoms with Crippen LogP contribution >= 0.6 is 15.9 Å². The van der Waals surface area contributed by atoms with Gasteiger partial charge in [0.2, 0.25) is 5.91 Å². The lowest BCUT2D eigenvalue weighted by Gasteiger charge is -2.11. The second kappa shape index (κ2) is 8.13. The summed E-state index contributed by atoms with van der Waals surface area (Å²) in [5, 5.41) is 2.55. The molecule has 1 N–H and O–H groups in total. The van der Waals surface area contributed by atoms with Gasteiger partial charge in [-0.25, -0.2) is 9.18 Å². The lowest BCUT2D eigenvalue weighted by Crippen LogP contribution is -2.41. The van der Waals surface area contributed by atoms with Gasteiger partial charge in [0, 0.05) is 16.7 Å². The molecule has 0 aliphatic carbocycles. The lowest BCUT2D eigenvalue weighted by molar-refractivity contribution is -0.116. The molecule has 0 unspecified atom stereocenters. The molecule has 138 valence electrons. The van der Waals surface area contributed by atoms with Gasteiger partial charge in [-0.05, 0) is 39.7 Å². The van der Waals surface area contributed by atoms with Crippen molar-refractivity contribution in [1.29, 1.82) is 0 Å². The molecule has 0 aliphatic heterocycles. The molecule has 1 aromatic heterocycles. The first-order valence-corrected chi connectivity index (χ1v) is 8.82. The van der Waals surface area contributed by atoms with Gasteiger partial charge in [0.05, 0.1) is 12.2 Å². The Labute approximate surface area is 162 Å². The molecular formula is C19H15BrFN3O3. The van der Waals surface area contributed by atoms with Crippen LogP contribution in [0.15, 0.2) is 74.9 Å². The van der Waals surface area contributed by atoms with Gasteiger partial charge in [-0.2, -0.15) is 0 Å². The summed E-state index contributed by atoms with van der Waals surface area (Å²) in [6, 6.07) is 14.3. The number of carbonyl (C=O) groups is 1. The summed E-state index contributed by atoms with van der Waals surface area (Å²) in [5.74, 6) is -1.03. The highest BCUT2D eigenvalue weighted by molar-refractivity contribution is 9.10. The zero-order chi connectivity index (χ0) is 19.4. The number of nitrogens with zero attached hydrogens (tertiary/aromatic N) is 2. The fourth-order valence-electron chi connectivity index (χ4n) is 2.53. The van der Waals surface area contributed by atoms with Crippen molar-refractivity contribution in [2.75, 3.05) is 5.32 Å². The van der Waals surface area contributed by atoms with E-state index in [0.29, 0.717) is 10.2 Å². The van der Waals surface area contributed by atoms with Gasteiger partial charge in [-0.1, -0.05) is 30.3 Å². The molecule has 8 heteroatoms. The summed E-state index contributed by atoms with van der Waals surface area (Å²) in [7, 11) is 0. The van der Waals surface area contributed by atoms with Gasteiger partial charge < -0.3 is 5.32 Å². The maximum Gasteiger partial charge on any atom is 0.331 e. The zero-order valence-electron chi connectivity index (χ0n) is 14.1. The number of benzene rings is 2. The second-order valence-corrected chi connectivity index (χ2v) is 6.66. The normalized spacial score (nSPS) is 10.6. The molecular weight excluding hydrogens is 417 g/mol. The third kappa shape index (κ3) is 4.59. The zero-order valence-corrected chi connectivity index (χ0v) is 15.6. The van der Waals surface area contributed by atoms with E-state index in [2.05, 4.69) is 21.2 Å². The van der Waals surface area contributed by atoms with Crippen molar-refractivity contribution < 1.29 is 9.18 Å². The van der Waals surface area contributed by atoms with Crippen molar-refractivity contribution in [2.45, 2.75) is 13.1 Å². The molecule has 3 rings (SSSR count). The Morgan fingerprint density at radius 3 is 2.52 bits per heavy atom. The standard InChI is InChI=1S/C19H15BrFN3O3/c20-15-10-14(21)6-7-16(15)22-17(25)12-24-18(26)8-9-23(19(24)27)11-13-4-2-1-3-5-13/h1-10H,11-12H2,(H,22,25). The molecule has 0 aliphatic rings. The van der Waals surface area contributed by atoms with Crippen LogP contribution in [0.3, 0.4) is 0 Å². The Kier molecular flexibility index (Phi) is 5.66. The number of halogens is 2. The minimum absolute atomic E-state index is 0.283. The summed E-state index contributed by atoms with van der Waals surface area (Å²) in [4.78, 5) is 36.9. The van der Waals surface area contributed by atoms with Gasteiger partial charge in [0.25, 0.3) is 5.56 Å². The predicted molar refractivity (Wildman–Crippen MR) is 103 cm³/mol. The molecule has 27 heavy (non-hydrogen) atoms. The molecule has 0 bridgehead atoms. The number of hydrogen-bond acceptors (Lipinski definition) is 3. The largest absolute Gasteiger partial charge is 0.331 e. The Bertz CT molecular complexity index is 1090. The van der Waals surface area contributed by atoms with Crippen molar-refractivity contribution in [2.24, 2.45) is 0 Å². The molecule has 3 aromatic rings. The summed E-state index contributed by atoms with van der Waals surface area (Å²) < 4.78 is 15.7. The number of hydrogen-bond donors (Lipinski definition) is 1. The highest BCUT2D eigenvalue weighted by Gasteiger charge is 2.12. The first-order valence-electron chi connectivity index (χ1n) is 8.03. The van der Waals surface area contributed by atoms with Crippen LogP contribution in [-0.2, 0) is 17.9 Å². The molecule has 0 radical (unpaired) electrons. The maximum atomic E-state index is 13.1. The topological polar surface area (TPSA) is 73.1 Å². The van der Waals surface area contributed by atoms with Crippen LogP contribution in [0, 0.1) is 5.82 Å². The van der Waals surface area contributed by atoms with Crippen molar-refractivity contribution in [3.63, 3.8) is 0 Å². The first kappa shape index (κ1) is 18.8. The molecule has 2 aromatic carbocycles. The van der Waals surface area contributed by atoms with Gasteiger partial charge in [-0.15, -0.1) is 0 Å². The Morgan fingerprint density at radius 1 is 1.07 bits per heavy atom. The van der Waals surface area contributed by atoms with E-state index in [1.165, 1.54) is 35.0 Å². The summed E-state index contributed by atoms with van der Waals surface area (Å²) in [5.41, 5.74) is 0.0804. The van der Waals surface area contributed by atoms with Crippen LogP contribution < -0.4 is 16.6 Å². The number of amides is 1. The fraction of sp³-hybridized carbons (Fsp3) is 0.105. The van der Waals surface area contributed by atoms with Crippen LogP contribution in [0.25, 0.3) is 0 Å². The molecule has 0 saturated heterocycles. The van der Waals surface area contributed by atoms with Crippen molar-refractivity contribution in [3.8, 4) is 0 Å². The van der Waals surface area contributed by atoms with Gasteiger partial charge in [0.1, 0.15) is 12.4 Å². The Balaban J connectivity index is 1.81. The van der Waals surface area contributed by atoms with E-state index in [9.17, 15) is 18.8 Å². The first-order chi connectivity index (χ1) is 12.9. The fourth-order valence-corrected chi connectivity index (χ4v) is 2.98. The van der Waals surface area contributed by atoms with Crippen LogP contribution in [0.4, 0.5) is 10.1 Å². The van der Waals surface area contributed by atoms with Crippen LogP contribution in [0.2, 0.25) is 0 Å². The predicted octanol–water partition coefficient (Wildman–Crippen LogP) is 2.60. The van der Waals surface area contributed by atoms with Crippen molar-refractivity contribution >= 4 is 27.5 Å². The van der Waals surface area contributed by atoms with Gasteiger partial charge >= 0.3 is 5.69 Å². The minimum atomic E-state index is -0.584. The average Bonchev–Trinajstić information content (AvgIpc) is 2.64. The monoisotopic (exact) mass is 431 g/mol. The highest BCUT2D eigenvalue weighted by atomic mass is 79.9. The molecule has 1 heterocycles. The number of carbonyl (C=O) groups excluding carboxylic acids is 1. The number of anilines is 1. The summed E-state index contributed by atoms with van der Waals surface area (Å²) in [6.45, 7) is -0.164. The van der Waals surface area contributed by atoms with Crippen LogP contribution in [-0.4, -0.2) is 15.0 Å². The van der Waals surface area contributed by atoms with E-state index >= 15 is 0 Å². The van der Waals surface area contributed by atoms with Crippen molar-refractivity contribution in [3.05, 3.63) is 97.5 Å². The van der Waals surface area contributed by atoms with E-state index in [4.69, 9.17) is 0 Å². The van der Waals surface area contributed by atoms with E-state index in [1.807, 2.05) is 30.3 Å². The maximum absolute atomic E-state index is 13.1. The molecule has 0 fully saturated rings. The van der Waals surface area contributed by atoms with Crippen LogP contribution in [0.5, 0.6) is 0 Å².